The van der Waals surface area contributed by atoms with Crippen molar-refractivity contribution in [1.29, 1.82) is 0 Å². The molecule has 0 atom stereocenters. The second-order valence-electron chi connectivity index (χ2n) is 6.76. The van der Waals surface area contributed by atoms with Gasteiger partial charge in [-0.2, -0.15) is 0 Å². The van der Waals surface area contributed by atoms with Gasteiger partial charge in [0.25, 0.3) is 0 Å². The molecule has 0 spiro atoms. The quantitative estimate of drug-likeness (QED) is 0.651. The molecule has 0 unspecified atom stereocenters. The van der Waals surface area contributed by atoms with E-state index in [-0.39, 0.29) is 5.54 Å². The van der Waals surface area contributed by atoms with Gasteiger partial charge in [0.05, 0.1) is 5.54 Å². The van der Waals surface area contributed by atoms with Gasteiger partial charge in [0.1, 0.15) is 0 Å². The van der Waals surface area contributed by atoms with E-state index in [0.717, 1.165) is 25.8 Å². The first-order valence-corrected chi connectivity index (χ1v) is 8.12. The number of aryl methyl sites for hydroxylation is 1. The summed E-state index contributed by atoms with van der Waals surface area (Å²) in [7, 11) is 0. The van der Waals surface area contributed by atoms with Crippen molar-refractivity contribution in [1.82, 2.24) is 4.57 Å². The van der Waals surface area contributed by atoms with Gasteiger partial charge in [-0.1, -0.05) is 26.3 Å². The molecule has 0 aliphatic rings. The maximum Gasteiger partial charge on any atom is 0.0527 e. The van der Waals surface area contributed by atoms with E-state index < -0.39 is 0 Å². The third-order valence-electron chi connectivity index (χ3n) is 3.53. The highest BCUT2D eigenvalue weighted by atomic mass is 14.9. The molecule has 21 heavy (non-hydrogen) atoms. The Morgan fingerprint density at radius 1 is 1.10 bits per heavy atom. The lowest BCUT2D eigenvalue weighted by molar-refractivity contribution is 0.581. The van der Waals surface area contributed by atoms with Gasteiger partial charge < -0.3 is 4.57 Å². The highest BCUT2D eigenvalue weighted by Crippen LogP contribution is 2.21. The van der Waals surface area contributed by atoms with Gasteiger partial charge in [0.15, 0.2) is 0 Å². The number of benzene rings is 1. The molecule has 0 radical (unpaired) electrons. The number of hydrogen-bond donors (Lipinski definition) is 0. The lowest BCUT2D eigenvalue weighted by Crippen LogP contribution is -2.15. The Kier molecular flexibility index (Phi) is 4.87. The van der Waals surface area contributed by atoms with E-state index in [4.69, 9.17) is 4.99 Å². The SMILES string of the molecule is CCCC(=NC(C)(C)C)c1ccc2c(ccn2CCC)c1. The minimum absolute atomic E-state index is 0.0202. The molecule has 2 nitrogen and oxygen atoms in total. The van der Waals surface area contributed by atoms with Crippen LogP contribution >= 0.6 is 0 Å². The molecule has 0 amide bonds. The highest BCUT2D eigenvalue weighted by Gasteiger charge is 2.12. The number of hydrogen-bond acceptors (Lipinski definition) is 1. The maximum absolute atomic E-state index is 4.93. The van der Waals surface area contributed by atoms with Crippen LogP contribution in [0, 0.1) is 0 Å². The molecule has 0 saturated heterocycles. The van der Waals surface area contributed by atoms with E-state index in [9.17, 15) is 0 Å². The van der Waals surface area contributed by atoms with Gasteiger partial charge in [-0.05, 0) is 57.4 Å². The van der Waals surface area contributed by atoms with Crippen LogP contribution in [0.5, 0.6) is 0 Å². The van der Waals surface area contributed by atoms with E-state index in [1.54, 1.807) is 0 Å². The lowest BCUT2D eigenvalue weighted by atomic mass is 10.0. The second-order valence-corrected chi connectivity index (χ2v) is 6.76. The lowest BCUT2D eigenvalue weighted by Gasteiger charge is -2.16. The molecule has 1 heterocycles. The maximum atomic E-state index is 4.93. The fourth-order valence-corrected chi connectivity index (χ4v) is 2.72. The molecule has 0 bridgehead atoms. The Labute approximate surface area is 128 Å². The first kappa shape index (κ1) is 15.8. The van der Waals surface area contributed by atoms with Crippen LogP contribution in [0.15, 0.2) is 35.5 Å². The summed E-state index contributed by atoms with van der Waals surface area (Å²) < 4.78 is 2.33. The summed E-state index contributed by atoms with van der Waals surface area (Å²) >= 11 is 0. The van der Waals surface area contributed by atoms with Crippen LogP contribution in [0.2, 0.25) is 0 Å². The molecule has 2 aromatic rings. The third-order valence-corrected chi connectivity index (χ3v) is 3.53. The van der Waals surface area contributed by atoms with Gasteiger partial charge in [0, 0.05) is 29.4 Å². The summed E-state index contributed by atoms with van der Waals surface area (Å²) in [4.78, 5) is 4.93. The average Bonchev–Trinajstić information content (AvgIpc) is 2.80. The van der Waals surface area contributed by atoms with Crippen LogP contribution in [-0.4, -0.2) is 15.8 Å². The molecule has 0 aliphatic carbocycles. The van der Waals surface area contributed by atoms with Crippen molar-refractivity contribution in [2.24, 2.45) is 4.99 Å². The van der Waals surface area contributed by atoms with E-state index in [1.165, 1.54) is 22.2 Å². The summed E-state index contributed by atoms with van der Waals surface area (Å²) in [5, 5.41) is 1.32. The first-order chi connectivity index (χ1) is 9.94. The largest absolute Gasteiger partial charge is 0.347 e. The Morgan fingerprint density at radius 3 is 2.48 bits per heavy atom. The molecule has 2 rings (SSSR count). The number of aliphatic imine (C=N–C) groups is 1. The smallest absolute Gasteiger partial charge is 0.0527 e. The van der Waals surface area contributed by atoms with Crippen LogP contribution in [0.1, 0.15) is 59.4 Å². The number of fused-ring (bicyclic) bond motifs is 1. The van der Waals surface area contributed by atoms with Crippen molar-refractivity contribution in [2.45, 2.75) is 66.0 Å². The standard InChI is InChI=1S/C19H28N2/c1-6-8-17(20-19(3,4)5)15-9-10-18-16(14-15)11-13-21(18)12-7-2/h9-11,13-14H,6-8,12H2,1-5H3. The van der Waals surface area contributed by atoms with Crippen LogP contribution in [-0.2, 0) is 6.54 Å². The van der Waals surface area contributed by atoms with Gasteiger partial charge in [-0.25, -0.2) is 0 Å². The zero-order valence-corrected chi connectivity index (χ0v) is 14.1. The number of aromatic nitrogens is 1. The fourth-order valence-electron chi connectivity index (χ4n) is 2.72. The van der Waals surface area contributed by atoms with Crippen LogP contribution in [0.25, 0.3) is 10.9 Å². The fraction of sp³-hybridized carbons (Fsp3) is 0.526. The predicted molar refractivity (Wildman–Crippen MR) is 93.4 cm³/mol. The highest BCUT2D eigenvalue weighted by molar-refractivity contribution is 6.03. The van der Waals surface area contributed by atoms with E-state index >= 15 is 0 Å². The molecule has 0 saturated carbocycles. The molecule has 0 N–H and O–H groups in total. The predicted octanol–water partition coefficient (Wildman–Crippen LogP) is 5.44. The minimum atomic E-state index is -0.0202. The van der Waals surface area contributed by atoms with E-state index in [2.05, 4.69) is 69.6 Å². The summed E-state index contributed by atoms with van der Waals surface area (Å²) in [5.74, 6) is 0. The molecule has 0 fully saturated rings. The zero-order chi connectivity index (χ0) is 15.5. The van der Waals surface area contributed by atoms with Gasteiger partial charge >= 0.3 is 0 Å². The number of nitrogens with zero attached hydrogens (tertiary/aromatic N) is 2. The average molecular weight is 284 g/mol. The van der Waals surface area contributed by atoms with Crippen molar-refractivity contribution in [3.63, 3.8) is 0 Å². The van der Waals surface area contributed by atoms with Crippen LogP contribution in [0.3, 0.4) is 0 Å². The Balaban J connectivity index is 2.43. The summed E-state index contributed by atoms with van der Waals surface area (Å²) in [6, 6.07) is 8.99. The third kappa shape index (κ3) is 3.96. The topological polar surface area (TPSA) is 17.3 Å². The van der Waals surface area contributed by atoms with Crippen molar-refractivity contribution in [2.75, 3.05) is 0 Å². The van der Waals surface area contributed by atoms with Crippen molar-refractivity contribution >= 4 is 16.6 Å². The Morgan fingerprint density at radius 2 is 1.86 bits per heavy atom. The molecule has 0 aliphatic heterocycles. The van der Waals surface area contributed by atoms with Crippen LogP contribution < -0.4 is 0 Å². The summed E-state index contributed by atoms with van der Waals surface area (Å²) in [6.45, 7) is 12.0. The van der Waals surface area contributed by atoms with Gasteiger partial charge in [-0.3, -0.25) is 4.99 Å². The van der Waals surface area contributed by atoms with E-state index in [1.807, 2.05) is 0 Å². The Hall–Kier alpha value is -1.57. The monoisotopic (exact) mass is 284 g/mol. The molecule has 2 heteroatoms. The zero-order valence-electron chi connectivity index (χ0n) is 14.1. The van der Waals surface area contributed by atoms with Crippen LogP contribution in [0.4, 0.5) is 0 Å². The Bertz CT molecular complexity index is 627. The molecule has 1 aromatic carbocycles. The number of rotatable bonds is 5. The second kappa shape index (κ2) is 6.46. The van der Waals surface area contributed by atoms with Gasteiger partial charge in [0.2, 0.25) is 0 Å². The molecule has 114 valence electrons. The van der Waals surface area contributed by atoms with Crippen molar-refractivity contribution < 1.29 is 0 Å². The first-order valence-electron chi connectivity index (χ1n) is 8.12. The summed E-state index contributed by atoms with van der Waals surface area (Å²) in [6.07, 6.45) is 5.53. The minimum Gasteiger partial charge on any atom is -0.347 e. The van der Waals surface area contributed by atoms with Crippen molar-refractivity contribution in [3.05, 3.63) is 36.0 Å². The molecule has 1 aromatic heterocycles. The molecular formula is C19H28N2. The van der Waals surface area contributed by atoms with Gasteiger partial charge in [-0.15, -0.1) is 0 Å². The normalized spacial score (nSPS) is 13.1. The van der Waals surface area contributed by atoms with E-state index in [0.29, 0.717) is 0 Å². The molecular weight excluding hydrogens is 256 g/mol. The summed E-state index contributed by atoms with van der Waals surface area (Å²) in [5.41, 5.74) is 3.81. The van der Waals surface area contributed by atoms with Crippen molar-refractivity contribution in [3.8, 4) is 0 Å².